The van der Waals surface area contributed by atoms with Gasteiger partial charge in [-0.1, -0.05) is 20.3 Å². The predicted octanol–water partition coefficient (Wildman–Crippen LogP) is -1.95. The topological polar surface area (TPSA) is 205 Å². The van der Waals surface area contributed by atoms with Gasteiger partial charge in [0.15, 0.2) is 0 Å². The van der Waals surface area contributed by atoms with Crippen molar-refractivity contribution in [2.75, 3.05) is 6.54 Å². The lowest BCUT2D eigenvalue weighted by Crippen LogP contribution is -2.59. The molecule has 0 saturated carbocycles. The molecule has 0 aromatic carbocycles. The number of carboxylic acids is 1. The van der Waals surface area contributed by atoms with E-state index in [1.807, 2.05) is 13.8 Å². The quantitative estimate of drug-likeness (QED) is 0.194. The fourth-order valence-corrected chi connectivity index (χ4v) is 3.45. The van der Waals surface area contributed by atoms with E-state index in [9.17, 15) is 34.2 Å². The molecule has 1 saturated heterocycles. The van der Waals surface area contributed by atoms with Crippen LogP contribution in [-0.2, 0) is 24.0 Å². The average Bonchev–Trinajstić information content (AvgIpc) is 3.22. The lowest BCUT2D eigenvalue weighted by Gasteiger charge is -2.30. The number of nitrogens with zero attached hydrogens (tertiary/aromatic N) is 1. The van der Waals surface area contributed by atoms with Crippen LogP contribution in [0.2, 0.25) is 0 Å². The molecule has 6 atom stereocenters. The van der Waals surface area contributed by atoms with Crippen LogP contribution in [0, 0.1) is 5.92 Å². The Morgan fingerprint density at radius 1 is 1.16 bits per heavy atom. The van der Waals surface area contributed by atoms with Gasteiger partial charge >= 0.3 is 5.97 Å². The van der Waals surface area contributed by atoms with Gasteiger partial charge in [0.2, 0.25) is 23.6 Å². The smallest absolute Gasteiger partial charge is 0.326 e. The minimum atomic E-state index is -1.46. The Bertz CT molecular complexity index is 714. The van der Waals surface area contributed by atoms with Gasteiger partial charge < -0.3 is 37.2 Å². The highest BCUT2D eigenvalue weighted by molar-refractivity contribution is 5.94. The number of nitrogens with one attached hydrogen (secondary N) is 2. The predicted molar refractivity (Wildman–Crippen MR) is 114 cm³/mol. The second-order valence-electron chi connectivity index (χ2n) is 8.23. The van der Waals surface area contributed by atoms with Crippen molar-refractivity contribution in [3.8, 4) is 0 Å². The number of hydrogen-bond acceptors (Lipinski definition) is 7. The van der Waals surface area contributed by atoms with Crippen LogP contribution in [0.5, 0.6) is 0 Å². The van der Waals surface area contributed by atoms with Crippen LogP contribution in [-0.4, -0.2) is 81.5 Å². The van der Waals surface area contributed by atoms with Gasteiger partial charge in [0.1, 0.15) is 18.1 Å². The van der Waals surface area contributed by atoms with E-state index in [0.717, 1.165) is 0 Å². The van der Waals surface area contributed by atoms with Gasteiger partial charge in [0.05, 0.1) is 12.1 Å². The van der Waals surface area contributed by atoms with Crippen LogP contribution in [0.1, 0.15) is 52.9 Å². The van der Waals surface area contributed by atoms with Crippen molar-refractivity contribution >= 4 is 29.6 Å². The standard InChI is InChI=1S/C20H35N5O7/c1-4-10(2)15(22)19(30)25-9-5-6-13(25)17(28)24-16(11(3)26)18(29)23-12(20(31)32)7-8-14(21)27/h10-13,15-16,26H,4-9,22H2,1-3H3,(H2,21,27)(H,23,29)(H,24,28)(H,31,32). The number of aliphatic carboxylic acids is 1. The van der Waals surface area contributed by atoms with E-state index in [0.29, 0.717) is 25.8 Å². The Kier molecular flexibility index (Phi) is 10.5. The number of carbonyl (C=O) groups excluding carboxylic acids is 4. The molecule has 0 aromatic heterocycles. The number of nitrogens with two attached hydrogens (primary N) is 2. The molecule has 182 valence electrons. The average molecular weight is 458 g/mol. The van der Waals surface area contributed by atoms with E-state index >= 15 is 0 Å². The first-order valence-corrected chi connectivity index (χ1v) is 10.8. The van der Waals surface area contributed by atoms with E-state index in [1.165, 1.54) is 11.8 Å². The van der Waals surface area contributed by atoms with Crippen molar-refractivity contribution in [2.24, 2.45) is 17.4 Å². The molecule has 1 rings (SSSR count). The molecule has 0 aliphatic carbocycles. The number of primary amides is 1. The number of aliphatic hydroxyl groups is 1. The molecule has 1 heterocycles. The Hall–Kier alpha value is -2.73. The van der Waals surface area contributed by atoms with Crippen LogP contribution in [0.3, 0.4) is 0 Å². The number of carboxylic acid groups (broad SMARTS) is 1. The third-order valence-corrected chi connectivity index (χ3v) is 5.74. The maximum absolute atomic E-state index is 12.9. The van der Waals surface area contributed by atoms with Gasteiger partial charge in [-0.2, -0.15) is 0 Å². The summed E-state index contributed by atoms with van der Waals surface area (Å²) in [7, 11) is 0. The Balaban J connectivity index is 2.88. The van der Waals surface area contributed by atoms with Gasteiger partial charge in [-0.05, 0) is 32.1 Å². The van der Waals surface area contributed by atoms with E-state index in [2.05, 4.69) is 10.6 Å². The van der Waals surface area contributed by atoms with Crippen molar-refractivity contribution in [3.05, 3.63) is 0 Å². The summed E-state index contributed by atoms with van der Waals surface area (Å²) in [5, 5.41) is 23.9. The lowest BCUT2D eigenvalue weighted by atomic mass is 9.98. The summed E-state index contributed by atoms with van der Waals surface area (Å²) in [5.74, 6) is -4.12. The molecule has 0 bridgehead atoms. The molecule has 8 N–H and O–H groups in total. The molecule has 1 aliphatic heterocycles. The van der Waals surface area contributed by atoms with Gasteiger partial charge in [-0.3, -0.25) is 19.2 Å². The molecule has 1 fully saturated rings. The fourth-order valence-electron chi connectivity index (χ4n) is 3.45. The fraction of sp³-hybridized carbons (Fsp3) is 0.750. The number of rotatable bonds is 12. The largest absolute Gasteiger partial charge is 0.480 e. The molecule has 0 spiro atoms. The Morgan fingerprint density at radius 3 is 2.28 bits per heavy atom. The van der Waals surface area contributed by atoms with Gasteiger partial charge in [-0.15, -0.1) is 0 Å². The zero-order chi connectivity index (χ0) is 24.6. The zero-order valence-electron chi connectivity index (χ0n) is 18.7. The van der Waals surface area contributed by atoms with Crippen LogP contribution >= 0.6 is 0 Å². The van der Waals surface area contributed by atoms with Crippen LogP contribution in [0.25, 0.3) is 0 Å². The first kappa shape index (κ1) is 27.3. The Labute approximate surface area is 187 Å². The highest BCUT2D eigenvalue weighted by Crippen LogP contribution is 2.21. The van der Waals surface area contributed by atoms with Gasteiger partial charge in [0.25, 0.3) is 0 Å². The molecule has 1 aliphatic rings. The maximum Gasteiger partial charge on any atom is 0.326 e. The van der Waals surface area contributed by atoms with E-state index < -0.39 is 54.0 Å². The second kappa shape index (κ2) is 12.3. The number of likely N-dealkylation sites (tertiary alicyclic amines) is 1. The molecule has 32 heavy (non-hydrogen) atoms. The summed E-state index contributed by atoms with van der Waals surface area (Å²) in [6.45, 7) is 5.37. The van der Waals surface area contributed by atoms with E-state index in [-0.39, 0.29) is 24.7 Å². The second-order valence-corrected chi connectivity index (χ2v) is 8.23. The minimum absolute atomic E-state index is 0.0730. The van der Waals surface area contributed by atoms with Crippen molar-refractivity contribution in [3.63, 3.8) is 0 Å². The number of hydrogen-bond donors (Lipinski definition) is 6. The first-order valence-electron chi connectivity index (χ1n) is 10.8. The molecular formula is C20H35N5O7. The van der Waals surface area contributed by atoms with Crippen LogP contribution in [0.4, 0.5) is 0 Å². The highest BCUT2D eigenvalue weighted by atomic mass is 16.4. The Morgan fingerprint density at radius 2 is 1.78 bits per heavy atom. The minimum Gasteiger partial charge on any atom is -0.480 e. The van der Waals surface area contributed by atoms with Crippen molar-refractivity contribution in [1.82, 2.24) is 15.5 Å². The van der Waals surface area contributed by atoms with E-state index in [1.54, 1.807) is 0 Å². The summed E-state index contributed by atoms with van der Waals surface area (Å²) in [6.07, 6.45) is -0.208. The van der Waals surface area contributed by atoms with Crippen molar-refractivity contribution in [2.45, 2.75) is 83.1 Å². The lowest BCUT2D eigenvalue weighted by molar-refractivity contribution is -0.144. The van der Waals surface area contributed by atoms with Crippen LogP contribution < -0.4 is 22.1 Å². The summed E-state index contributed by atoms with van der Waals surface area (Å²) < 4.78 is 0. The summed E-state index contributed by atoms with van der Waals surface area (Å²) in [6, 6.07) is -4.49. The summed E-state index contributed by atoms with van der Waals surface area (Å²) in [5.41, 5.74) is 11.0. The normalized spacial score (nSPS) is 20.5. The number of amides is 4. The van der Waals surface area contributed by atoms with Gasteiger partial charge in [0, 0.05) is 13.0 Å². The monoisotopic (exact) mass is 457 g/mol. The maximum atomic E-state index is 12.9. The SMILES string of the molecule is CCC(C)C(N)C(=O)N1CCCC1C(=O)NC(C(=O)NC(CCC(N)=O)C(=O)O)C(C)O. The van der Waals surface area contributed by atoms with Crippen LogP contribution in [0.15, 0.2) is 0 Å². The van der Waals surface area contributed by atoms with E-state index in [4.69, 9.17) is 11.5 Å². The molecule has 12 heteroatoms. The van der Waals surface area contributed by atoms with Gasteiger partial charge in [-0.25, -0.2) is 4.79 Å². The number of carbonyl (C=O) groups is 5. The summed E-state index contributed by atoms with van der Waals surface area (Å²) >= 11 is 0. The summed E-state index contributed by atoms with van der Waals surface area (Å²) in [4.78, 5) is 61.9. The molecule has 6 unspecified atom stereocenters. The molecule has 4 amide bonds. The molecule has 0 aromatic rings. The third kappa shape index (κ3) is 7.45. The highest BCUT2D eigenvalue weighted by Gasteiger charge is 2.39. The zero-order valence-corrected chi connectivity index (χ0v) is 18.7. The molecular weight excluding hydrogens is 422 g/mol. The first-order chi connectivity index (χ1) is 14.9. The molecule has 12 nitrogen and oxygen atoms in total. The van der Waals surface area contributed by atoms with Crippen molar-refractivity contribution in [1.29, 1.82) is 0 Å². The number of aliphatic hydroxyl groups excluding tert-OH is 1. The third-order valence-electron chi connectivity index (χ3n) is 5.74. The molecule has 0 radical (unpaired) electrons. The van der Waals surface area contributed by atoms with Crippen molar-refractivity contribution < 1.29 is 34.2 Å².